The monoisotopic (exact) mass is 470 g/mol. The second-order valence-electron chi connectivity index (χ2n) is 7.41. The molecular formula is C23H22N2O3S3. The van der Waals surface area contributed by atoms with Crippen LogP contribution in [-0.4, -0.2) is 45.8 Å². The van der Waals surface area contributed by atoms with Gasteiger partial charge in [-0.3, -0.25) is 4.55 Å². The highest BCUT2D eigenvalue weighted by Gasteiger charge is 2.43. The summed E-state index contributed by atoms with van der Waals surface area (Å²) >= 11 is 11.8. The van der Waals surface area contributed by atoms with Gasteiger partial charge in [-0.1, -0.05) is 66.4 Å². The smallest absolute Gasteiger partial charge is 0.294 e. The summed E-state index contributed by atoms with van der Waals surface area (Å²) in [5, 5.41) is 0. The van der Waals surface area contributed by atoms with E-state index in [-0.39, 0.29) is 4.90 Å². The third kappa shape index (κ3) is 3.53. The fraction of sp³-hybridized carbons (Fsp3) is 0.217. The molecule has 0 unspecified atom stereocenters. The van der Waals surface area contributed by atoms with E-state index in [1.807, 2.05) is 11.8 Å². The van der Waals surface area contributed by atoms with Gasteiger partial charge in [0.25, 0.3) is 10.1 Å². The van der Waals surface area contributed by atoms with Crippen LogP contribution < -0.4 is 0 Å². The van der Waals surface area contributed by atoms with Gasteiger partial charge in [-0.25, -0.2) is 0 Å². The summed E-state index contributed by atoms with van der Waals surface area (Å²) in [5.41, 5.74) is 6.76. The van der Waals surface area contributed by atoms with Crippen LogP contribution in [0.3, 0.4) is 0 Å². The van der Waals surface area contributed by atoms with Crippen LogP contribution in [0.5, 0.6) is 0 Å². The van der Waals surface area contributed by atoms with Crippen molar-refractivity contribution in [2.24, 2.45) is 0 Å². The number of benzene rings is 2. The van der Waals surface area contributed by atoms with Gasteiger partial charge in [-0.05, 0) is 44.0 Å². The third-order valence-electron chi connectivity index (χ3n) is 5.56. The molecule has 2 aliphatic rings. The molecule has 0 aromatic heterocycles. The molecule has 0 saturated heterocycles. The molecule has 0 atom stereocenters. The van der Waals surface area contributed by atoms with Crippen LogP contribution in [0.2, 0.25) is 0 Å². The summed E-state index contributed by atoms with van der Waals surface area (Å²) in [6.07, 6.45) is 0. The molecule has 4 rings (SSSR count). The van der Waals surface area contributed by atoms with Crippen LogP contribution >= 0.6 is 24.4 Å². The Morgan fingerprint density at radius 2 is 1.16 bits per heavy atom. The number of hydrogen-bond donors (Lipinski definition) is 1. The molecule has 0 radical (unpaired) electrons. The van der Waals surface area contributed by atoms with Crippen molar-refractivity contribution < 1.29 is 13.0 Å². The molecule has 2 aromatic carbocycles. The van der Waals surface area contributed by atoms with Crippen molar-refractivity contribution >= 4 is 55.9 Å². The van der Waals surface area contributed by atoms with Crippen LogP contribution in [0.15, 0.2) is 64.6 Å². The SMILES string of the molecule is CCN1C(=S)C2=C(c3ccc(S(=O)(=O)O)cc3)N(CC)C(=S)C2=C1c1ccc(C)cc1. The summed E-state index contributed by atoms with van der Waals surface area (Å²) in [6, 6.07) is 14.5. The molecule has 0 spiro atoms. The van der Waals surface area contributed by atoms with Gasteiger partial charge in [0.05, 0.1) is 16.3 Å². The maximum absolute atomic E-state index is 11.5. The van der Waals surface area contributed by atoms with Crippen molar-refractivity contribution in [1.29, 1.82) is 0 Å². The van der Waals surface area contributed by atoms with Crippen molar-refractivity contribution in [3.05, 3.63) is 76.4 Å². The first-order chi connectivity index (χ1) is 14.7. The highest BCUT2D eigenvalue weighted by Crippen LogP contribution is 2.47. The average molecular weight is 471 g/mol. The third-order valence-corrected chi connectivity index (χ3v) is 7.28. The highest BCUT2D eigenvalue weighted by molar-refractivity contribution is 7.85. The standard InChI is InChI=1S/C23H22N2O3S3/c1-4-24-20(15-8-6-14(3)7-9-15)18-19(23(24)30)21(25(5-2)22(18)29)16-10-12-17(13-11-16)31(26,27)28/h6-13H,4-5H2,1-3H3,(H,26,27,28). The Balaban J connectivity index is 1.97. The van der Waals surface area contributed by atoms with Crippen molar-refractivity contribution in [2.75, 3.05) is 13.1 Å². The maximum Gasteiger partial charge on any atom is 0.294 e. The fourth-order valence-corrected chi connectivity index (χ4v) is 5.41. The van der Waals surface area contributed by atoms with E-state index in [1.54, 1.807) is 12.1 Å². The molecule has 5 nitrogen and oxygen atoms in total. The summed E-state index contributed by atoms with van der Waals surface area (Å²) < 4.78 is 32.2. The molecule has 8 heteroatoms. The quantitative estimate of drug-likeness (QED) is 0.502. The van der Waals surface area contributed by atoms with E-state index in [2.05, 4.69) is 43.0 Å². The van der Waals surface area contributed by atoms with Gasteiger partial charge in [0.1, 0.15) is 9.98 Å². The molecule has 0 bridgehead atoms. The van der Waals surface area contributed by atoms with E-state index in [1.165, 1.54) is 17.7 Å². The molecule has 2 heterocycles. The van der Waals surface area contributed by atoms with Gasteiger partial charge in [0, 0.05) is 24.2 Å². The van der Waals surface area contributed by atoms with Crippen molar-refractivity contribution in [2.45, 2.75) is 25.7 Å². The van der Waals surface area contributed by atoms with Crippen molar-refractivity contribution in [3.8, 4) is 0 Å². The molecule has 160 valence electrons. The van der Waals surface area contributed by atoms with Gasteiger partial charge >= 0.3 is 0 Å². The molecule has 31 heavy (non-hydrogen) atoms. The Hall–Kier alpha value is -2.39. The average Bonchev–Trinajstić information content (AvgIpc) is 3.19. The van der Waals surface area contributed by atoms with Crippen LogP contribution in [0, 0.1) is 6.92 Å². The van der Waals surface area contributed by atoms with E-state index < -0.39 is 10.1 Å². The molecule has 2 aromatic rings. The van der Waals surface area contributed by atoms with Gasteiger partial charge in [-0.2, -0.15) is 8.42 Å². The summed E-state index contributed by atoms with van der Waals surface area (Å²) in [4.78, 5) is 5.41. The van der Waals surface area contributed by atoms with Gasteiger partial charge in [0.15, 0.2) is 0 Å². The van der Waals surface area contributed by atoms with E-state index in [0.717, 1.165) is 33.7 Å². The Morgan fingerprint density at radius 3 is 1.52 bits per heavy atom. The minimum absolute atomic E-state index is 0.147. The molecule has 0 fully saturated rings. The lowest BCUT2D eigenvalue weighted by Gasteiger charge is -2.26. The fourth-order valence-electron chi connectivity index (χ4n) is 4.10. The Morgan fingerprint density at radius 1 is 0.774 bits per heavy atom. The highest BCUT2D eigenvalue weighted by atomic mass is 32.2. The lowest BCUT2D eigenvalue weighted by Crippen LogP contribution is -2.28. The predicted molar refractivity (Wildman–Crippen MR) is 131 cm³/mol. The molecule has 1 N–H and O–H groups in total. The molecule has 0 saturated carbocycles. The van der Waals surface area contributed by atoms with E-state index in [9.17, 15) is 13.0 Å². The van der Waals surface area contributed by atoms with Gasteiger partial charge in [-0.15, -0.1) is 0 Å². The van der Waals surface area contributed by atoms with Crippen LogP contribution in [0.1, 0.15) is 30.5 Å². The first-order valence-electron chi connectivity index (χ1n) is 9.96. The number of hydrogen-bond acceptors (Lipinski definition) is 4. The first kappa shape index (κ1) is 21.8. The molecule has 0 aliphatic carbocycles. The lowest BCUT2D eigenvalue weighted by molar-refractivity contribution is 0.483. The first-order valence-corrected chi connectivity index (χ1v) is 12.2. The van der Waals surface area contributed by atoms with Crippen LogP contribution in [-0.2, 0) is 10.1 Å². The van der Waals surface area contributed by atoms with Gasteiger partial charge < -0.3 is 9.80 Å². The van der Waals surface area contributed by atoms with Crippen LogP contribution in [0.25, 0.3) is 11.4 Å². The summed E-state index contributed by atoms with van der Waals surface area (Å²) in [5.74, 6) is 0. The number of likely N-dealkylation sites (N-methyl/N-ethyl adjacent to an activating group) is 2. The number of rotatable bonds is 5. The topological polar surface area (TPSA) is 60.9 Å². The minimum Gasteiger partial charge on any atom is -0.331 e. The molecule has 0 amide bonds. The van der Waals surface area contributed by atoms with Crippen LogP contribution in [0.4, 0.5) is 0 Å². The van der Waals surface area contributed by atoms with E-state index in [0.29, 0.717) is 23.1 Å². The zero-order chi connectivity index (χ0) is 22.5. The summed E-state index contributed by atoms with van der Waals surface area (Å²) in [7, 11) is -4.26. The number of fused-ring (bicyclic) bond motifs is 1. The number of thiocarbonyl (C=S) groups is 2. The van der Waals surface area contributed by atoms with Crippen molar-refractivity contribution in [1.82, 2.24) is 9.80 Å². The van der Waals surface area contributed by atoms with E-state index >= 15 is 0 Å². The number of nitrogens with zero attached hydrogens (tertiary/aromatic N) is 2. The Bertz CT molecular complexity index is 1260. The second-order valence-corrected chi connectivity index (χ2v) is 9.61. The summed E-state index contributed by atoms with van der Waals surface area (Å²) in [6.45, 7) is 7.49. The molecule has 2 aliphatic heterocycles. The molecular weight excluding hydrogens is 448 g/mol. The normalized spacial score (nSPS) is 16.6. The zero-order valence-corrected chi connectivity index (χ0v) is 19.9. The Kier molecular flexibility index (Phi) is 5.59. The largest absolute Gasteiger partial charge is 0.331 e. The second kappa shape index (κ2) is 7.94. The van der Waals surface area contributed by atoms with Gasteiger partial charge in [0.2, 0.25) is 0 Å². The number of aryl methyl sites for hydroxylation is 1. The lowest BCUT2D eigenvalue weighted by atomic mass is 10.0. The zero-order valence-electron chi connectivity index (χ0n) is 17.4. The Labute approximate surface area is 193 Å². The minimum atomic E-state index is -4.26. The predicted octanol–water partition coefficient (Wildman–Crippen LogP) is 4.69. The van der Waals surface area contributed by atoms with Crippen molar-refractivity contribution in [3.63, 3.8) is 0 Å². The maximum atomic E-state index is 11.5. The van der Waals surface area contributed by atoms with E-state index in [4.69, 9.17) is 24.4 Å².